The first-order chi connectivity index (χ1) is 7.34. The van der Waals surface area contributed by atoms with Crippen LogP contribution in [0.25, 0.3) is 0 Å². The summed E-state index contributed by atoms with van der Waals surface area (Å²) in [5.41, 5.74) is 0. The molecule has 1 saturated carbocycles. The van der Waals surface area contributed by atoms with Gasteiger partial charge in [-0.1, -0.05) is 12.2 Å². The van der Waals surface area contributed by atoms with E-state index in [1.165, 1.54) is 12.8 Å². The van der Waals surface area contributed by atoms with Crippen LogP contribution in [0.3, 0.4) is 0 Å². The first-order valence-electron chi connectivity index (χ1n) is 5.99. The van der Waals surface area contributed by atoms with Crippen molar-refractivity contribution < 1.29 is 9.84 Å². The molecule has 0 bridgehead atoms. The molecule has 0 aromatic carbocycles. The summed E-state index contributed by atoms with van der Waals surface area (Å²) in [7, 11) is 0. The van der Waals surface area contributed by atoms with Crippen molar-refractivity contribution in [3.8, 4) is 0 Å². The van der Waals surface area contributed by atoms with Gasteiger partial charge in [0.15, 0.2) is 0 Å². The molecule has 1 fully saturated rings. The Kier molecular flexibility index (Phi) is 4.18. The van der Waals surface area contributed by atoms with Crippen molar-refractivity contribution in [1.82, 2.24) is 5.32 Å². The molecule has 0 spiro atoms. The lowest BCUT2D eigenvalue weighted by atomic mass is 10.2. The Morgan fingerprint density at radius 3 is 2.73 bits per heavy atom. The van der Waals surface area contributed by atoms with Gasteiger partial charge >= 0.3 is 0 Å². The minimum atomic E-state index is -0.357. The third-order valence-electron chi connectivity index (χ3n) is 3.01. The van der Waals surface area contributed by atoms with Gasteiger partial charge in [-0.25, -0.2) is 0 Å². The Labute approximate surface area is 91.5 Å². The molecule has 2 aliphatic rings. The zero-order chi connectivity index (χ0) is 10.5. The molecular weight excluding hydrogens is 190 g/mol. The van der Waals surface area contributed by atoms with Crippen LogP contribution in [0.5, 0.6) is 0 Å². The number of rotatable bonds is 7. The fourth-order valence-corrected chi connectivity index (χ4v) is 1.80. The van der Waals surface area contributed by atoms with Gasteiger partial charge < -0.3 is 15.2 Å². The largest absolute Gasteiger partial charge is 0.389 e. The van der Waals surface area contributed by atoms with E-state index in [-0.39, 0.29) is 6.10 Å². The fraction of sp³-hybridized carbons (Fsp3) is 0.833. The Morgan fingerprint density at radius 2 is 2.07 bits per heavy atom. The molecule has 0 heterocycles. The number of hydrogen-bond acceptors (Lipinski definition) is 3. The number of ether oxygens (including phenoxy) is 1. The molecule has 1 unspecified atom stereocenters. The van der Waals surface area contributed by atoms with E-state index in [2.05, 4.69) is 17.5 Å². The van der Waals surface area contributed by atoms with Gasteiger partial charge in [-0.05, 0) is 31.6 Å². The van der Waals surface area contributed by atoms with E-state index in [0.717, 1.165) is 25.4 Å². The van der Waals surface area contributed by atoms with Crippen molar-refractivity contribution in [2.75, 3.05) is 19.8 Å². The van der Waals surface area contributed by atoms with E-state index < -0.39 is 0 Å². The highest BCUT2D eigenvalue weighted by Crippen LogP contribution is 2.28. The quantitative estimate of drug-likeness (QED) is 0.619. The second kappa shape index (κ2) is 5.64. The molecule has 2 aliphatic carbocycles. The van der Waals surface area contributed by atoms with E-state index in [4.69, 9.17) is 4.74 Å². The smallest absolute Gasteiger partial charge is 0.0897 e. The van der Waals surface area contributed by atoms with Crippen molar-refractivity contribution in [3.05, 3.63) is 12.2 Å². The summed E-state index contributed by atoms with van der Waals surface area (Å²) in [6.07, 6.45) is 8.82. The van der Waals surface area contributed by atoms with Gasteiger partial charge in [0.1, 0.15) is 0 Å². The second-order valence-corrected chi connectivity index (χ2v) is 4.68. The summed E-state index contributed by atoms with van der Waals surface area (Å²) < 4.78 is 5.43. The fourth-order valence-electron chi connectivity index (χ4n) is 1.80. The van der Waals surface area contributed by atoms with Crippen molar-refractivity contribution >= 4 is 0 Å². The maximum Gasteiger partial charge on any atom is 0.0897 e. The van der Waals surface area contributed by atoms with Gasteiger partial charge in [-0.3, -0.25) is 0 Å². The lowest BCUT2D eigenvalue weighted by Gasteiger charge is -2.16. The SMILES string of the molecule is OC(CNC1CC=CC1)COCC1CC1. The molecule has 0 aromatic rings. The Morgan fingerprint density at radius 1 is 1.33 bits per heavy atom. The van der Waals surface area contributed by atoms with Gasteiger partial charge in [0.05, 0.1) is 12.7 Å². The number of nitrogens with one attached hydrogen (secondary N) is 1. The van der Waals surface area contributed by atoms with Crippen molar-refractivity contribution in [2.24, 2.45) is 5.92 Å². The third kappa shape index (κ3) is 4.33. The van der Waals surface area contributed by atoms with Crippen molar-refractivity contribution in [2.45, 2.75) is 37.8 Å². The predicted molar refractivity (Wildman–Crippen MR) is 59.7 cm³/mol. The zero-order valence-electron chi connectivity index (χ0n) is 9.19. The molecule has 2 rings (SSSR count). The lowest BCUT2D eigenvalue weighted by molar-refractivity contribution is 0.0314. The topological polar surface area (TPSA) is 41.5 Å². The second-order valence-electron chi connectivity index (χ2n) is 4.68. The van der Waals surface area contributed by atoms with E-state index in [1.54, 1.807) is 0 Å². The van der Waals surface area contributed by atoms with E-state index in [9.17, 15) is 5.11 Å². The van der Waals surface area contributed by atoms with E-state index in [1.807, 2.05) is 0 Å². The van der Waals surface area contributed by atoms with Crippen LogP contribution in [-0.2, 0) is 4.74 Å². The molecule has 0 radical (unpaired) electrons. The van der Waals surface area contributed by atoms with Gasteiger partial charge in [0.25, 0.3) is 0 Å². The van der Waals surface area contributed by atoms with Crippen LogP contribution in [-0.4, -0.2) is 37.0 Å². The molecule has 3 nitrogen and oxygen atoms in total. The molecule has 1 atom stereocenters. The third-order valence-corrected chi connectivity index (χ3v) is 3.01. The van der Waals surface area contributed by atoms with Crippen LogP contribution in [0.15, 0.2) is 12.2 Å². The van der Waals surface area contributed by atoms with E-state index in [0.29, 0.717) is 19.2 Å². The maximum absolute atomic E-state index is 9.63. The molecule has 86 valence electrons. The summed E-state index contributed by atoms with van der Waals surface area (Å²) in [6, 6.07) is 0.531. The van der Waals surface area contributed by atoms with Crippen LogP contribution >= 0.6 is 0 Å². The highest BCUT2D eigenvalue weighted by molar-refractivity contribution is 4.97. The zero-order valence-corrected chi connectivity index (χ0v) is 9.19. The molecule has 0 saturated heterocycles. The first-order valence-corrected chi connectivity index (χ1v) is 5.99. The summed E-state index contributed by atoms with van der Waals surface area (Å²) in [6.45, 7) is 1.96. The minimum Gasteiger partial charge on any atom is -0.389 e. The van der Waals surface area contributed by atoms with Gasteiger partial charge in [-0.2, -0.15) is 0 Å². The van der Waals surface area contributed by atoms with Crippen LogP contribution in [0, 0.1) is 5.92 Å². The Balaban J connectivity index is 1.46. The molecule has 2 N–H and O–H groups in total. The molecule has 15 heavy (non-hydrogen) atoms. The van der Waals surface area contributed by atoms with Crippen molar-refractivity contribution in [3.63, 3.8) is 0 Å². The molecule has 0 aromatic heterocycles. The average Bonchev–Trinajstić information content (AvgIpc) is 2.91. The van der Waals surface area contributed by atoms with Crippen LogP contribution in [0.2, 0.25) is 0 Å². The predicted octanol–water partition coefficient (Wildman–Crippen LogP) is 1.08. The van der Waals surface area contributed by atoms with Crippen molar-refractivity contribution in [1.29, 1.82) is 0 Å². The molecule has 0 aliphatic heterocycles. The monoisotopic (exact) mass is 211 g/mol. The number of aliphatic hydroxyl groups excluding tert-OH is 1. The minimum absolute atomic E-state index is 0.357. The van der Waals surface area contributed by atoms with Crippen LogP contribution < -0.4 is 5.32 Å². The Bertz CT molecular complexity index is 206. The van der Waals surface area contributed by atoms with Gasteiger partial charge in [0, 0.05) is 19.2 Å². The normalized spacial score (nSPS) is 23.5. The van der Waals surface area contributed by atoms with Crippen LogP contribution in [0.1, 0.15) is 25.7 Å². The Hall–Kier alpha value is -0.380. The highest BCUT2D eigenvalue weighted by Gasteiger charge is 2.21. The van der Waals surface area contributed by atoms with Gasteiger partial charge in [0.2, 0.25) is 0 Å². The number of aliphatic hydroxyl groups is 1. The molecular formula is C12H21NO2. The summed E-state index contributed by atoms with van der Waals surface area (Å²) in [5, 5.41) is 13.0. The van der Waals surface area contributed by atoms with Crippen LogP contribution in [0.4, 0.5) is 0 Å². The number of hydrogen-bond donors (Lipinski definition) is 2. The first kappa shape index (κ1) is 11.1. The standard InChI is InChI=1S/C12H21NO2/c14-12(9-15-8-10-5-6-10)7-13-11-3-1-2-4-11/h1-2,10-14H,3-9H2. The summed E-state index contributed by atoms with van der Waals surface area (Å²) in [4.78, 5) is 0. The lowest BCUT2D eigenvalue weighted by Crippen LogP contribution is -2.36. The maximum atomic E-state index is 9.63. The van der Waals surface area contributed by atoms with E-state index >= 15 is 0 Å². The highest BCUT2D eigenvalue weighted by atomic mass is 16.5. The van der Waals surface area contributed by atoms with Gasteiger partial charge in [-0.15, -0.1) is 0 Å². The molecule has 3 heteroatoms. The summed E-state index contributed by atoms with van der Waals surface area (Å²) in [5.74, 6) is 0.782. The summed E-state index contributed by atoms with van der Waals surface area (Å²) >= 11 is 0. The molecule has 0 amide bonds. The average molecular weight is 211 g/mol.